The van der Waals surface area contributed by atoms with E-state index in [1.807, 2.05) is 6.07 Å². The van der Waals surface area contributed by atoms with E-state index < -0.39 is 10.8 Å². The fourth-order valence-corrected chi connectivity index (χ4v) is 3.42. The maximum atomic E-state index is 12.6. The minimum absolute atomic E-state index is 0.0602. The average Bonchev–Trinajstić information content (AvgIpc) is 2.63. The van der Waals surface area contributed by atoms with Crippen LogP contribution in [-0.4, -0.2) is 15.9 Å². The van der Waals surface area contributed by atoms with Gasteiger partial charge >= 0.3 is 0 Å². The number of hydrogen-bond acceptors (Lipinski definition) is 4. The lowest BCUT2D eigenvalue weighted by atomic mass is 10.0. The number of halogens is 2. The zero-order valence-corrected chi connectivity index (χ0v) is 16.7. The van der Waals surface area contributed by atoms with Crippen molar-refractivity contribution in [1.82, 2.24) is 5.32 Å². The number of benzene rings is 3. The first-order valence-corrected chi connectivity index (χ1v) is 9.18. The molecule has 0 aliphatic heterocycles. The van der Waals surface area contributed by atoms with E-state index in [2.05, 4.69) is 26.6 Å². The monoisotopic (exact) mass is 463 g/mol. The first kappa shape index (κ1) is 19.2. The molecule has 0 unspecified atom stereocenters. The molecule has 3 rings (SSSR count). The first-order chi connectivity index (χ1) is 12.9. The van der Waals surface area contributed by atoms with Crippen LogP contribution >= 0.6 is 39.7 Å². The molecule has 0 heterocycles. The van der Waals surface area contributed by atoms with E-state index in [0.29, 0.717) is 26.1 Å². The number of thiocarbonyl (C=S) groups is 1. The quantitative estimate of drug-likeness (QED) is 0.312. The molecule has 27 heavy (non-hydrogen) atoms. The normalized spacial score (nSPS) is 10.4. The lowest BCUT2D eigenvalue weighted by molar-refractivity contribution is -0.384. The van der Waals surface area contributed by atoms with Crippen LogP contribution in [0.5, 0.6) is 0 Å². The molecule has 6 nitrogen and oxygen atoms in total. The number of anilines is 1. The molecule has 136 valence electrons. The van der Waals surface area contributed by atoms with Crippen LogP contribution in [0.2, 0.25) is 5.02 Å². The molecule has 2 N–H and O–H groups in total. The van der Waals surface area contributed by atoms with Crippen molar-refractivity contribution in [3.05, 3.63) is 79.8 Å². The SMILES string of the molecule is O=C(NC(=S)Nc1ccc([N+](=O)[O-])cc1Br)c1cccc2c(Cl)cccc12. The summed E-state index contributed by atoms with van der Waals surface area (Å²) in [7, 11) is 0. The molecule has 0 spiro atoms. The molecular formula is C18H11BrClN3O3S. The van der Waals surface area contributed by atoms with Crippen molar-refractivity contribution in [2.24, 2.45) is 0 Å². The molecule has 3 aromatic rings. The second-order valence-corrected chi connectivity index (χ2v) is 7.14. The number of nitrogens with one attached hydrogen (secondary N) is 2. The molecule has 0 aliphatic rings. The summed E-state index contributed by atoms with van der Waals surface area (Å²) in [5.41, 5.74) is 0.865. The van der Waals surface area contributed by atoms with Crippen LogP contribution in [0.4, 0.5) is 11.4 Å². The molecule has 0 aliphatic carbocycles. The fraction of sp³-hybridized carbons (Fsp3) is 0. The van der Waals surface area contributed by atoms with Crippen molar-refractivity contribution in [2.75, 3.05) is 5.32 Å². The molecule has 0 aromatic heterocycles. The minimum atomic E-state index is -0.500. The maximum absolute atomic E-state index is 12.6. The van der Waals surface area contributed by atoms with Gasteiger partial charge in [0.15, 0.2) is 5.11 Å². The first-order valence-electron chi connectivity index (χ1n) is 7.60. The predicted octanol–water partition coefficient (Wildman–Crippen LogP) is 5.29. The van der Waals surface area contributed by atoms with E-state index in [4.69, 9.17) is 23.8 Å². The number of carbonyl (C=O) groups excluding carboxylic acids is 1. The van der Waals surface area contributed by atoms with Gasteiger partial charge in [0.05, 0.1) is 10.6 Å². The summed E-state index contributed by atoms with van der Waals surface area (Å²) in [6.45, 7) is 0. The minimum Gasteiger partial charge on any atom is -0.331 e. The largest absolute Gasteiger partial charge is 0.331 e. The van der Waals surface area contributed by atoms with Gasteiger partial charge in [0, 0.05) is 32.6 Å². The summed E-state index contributed by atoms with van der Waals surface area (Å²) in [6, 6.07) is 14.8. The van der Waals surface area contributed by atoms with E-state index in [1.165, 1.54) is 18.2 Å². The molecule has 9 heteroatoms. The molecule has 0 bridgehead atoms. The molecule has 0 fully saturated rings. The number of carbonyl (C=O) groups is 1. The van der Waals surface area contributed by atoms with Crippen molar-refractivity contribution >= 4 is 72.9 Å². The average molecular weight is 465 g/mol. The molecular weight excluding hydrogens is 454 g/mol. The Morgan fingerprint density at radius 3 is 2.52 bits per heavy atom. The zero-order chi connectivity index (χ0) is 19.6. The molecule has 0 atom stereocenters. The number of nitro groups is 1. The van der Waals surface area contributed by atoms with Crippen LogP contribution in [0.1, 0.15) is 10.4 Å². The van der Waals surface area contributed by atoms with Crippen molar-refractivity contribution in [3.63, 3.8) is 0 Å². The Bertz CT molecular complexity index is 1090. The Balaban J connectivity index is 1.78. The highest BCUT2D eigenvalue weighted by Gasteiger charge is 2.14. The van der Waals surface area contributed by atoms with E-state index in [1.54, 1.807) is 30.3 Å². The fourth-order valence-electron chi connectivity index (χ4n) is 2.51. The third-order valence-corrected chi connectivity index (χ3v) is 4.94. The Kier molecular flexibility index (Phi) is 5.69. The summed E-state index contributed by atoms with van der Waals surface area (Å²) in [5.74, 6) is -0.390. The van der Waals surface area contributed by atoms with Crippen LogP contribution in [0, 0.1) is 10.1 Å². The van der Waals surface area contributed by atoms with Crippen molar-refractivity contribution < 1.29 is 9.72 Å². The van der Waals surface area contributed by atoms with Gasteiger partial charge in [-0.2, -0.15) is 0 Å². The van der Waals surface area contributed by atoms with Gasteiger partial charge in [-0.25, -0.2) is 0 Å². The van der Waals surface area contributed by atoms with Crippen LogP contribution < -0.4 is 10.6 Å². The van der Waals surface area contributed by atoms with Gasteiger partial charge in [-0.1, -0.05) is 35.9 Å². The Morgan fingerprint density at radius 1 is 1.11 bits per heavy atom. The predicted molar refractivity (Wildman–Crippen MR) is 113 cm³/mol. The third-order valence-electron chi connectivity index (χ3n) is 3.75. The van der Waals surface area contributed by atoms with Gasteiger partial charge in [0.25, 0.3) is 11.6 Å². The summed E-state index contributed by atoms with van der Waals surface area (Å²) in [4.78, 5) is 22.9. The lowest BCUT2D eigenvalue weighted by Gasteiger charge is -2.12. The topological polar surface area (TPSA) is 84.3 Å². The van der Waals surface area contributed by atoms with Gasteiger partial charge in [0.1, 0.15) is 0 Å². The highest BCUT2D eigenvalue weighted by molar-refractivity contribution is 9.10. The van der Waals surface area contributed by atoms with Crippen LogP contribution in [0.25, 0.3) is 10.8 Å². The number of hydrogen-bond donors (Lipinski definition) is 2. The molecule has 3 aromatic carbocycles. The molecule has 0 radical (unpaired) electrons. The number of amides is 1. The highest BCUT2D eigenvalue weighted by atomic mass is 79.9. The van der Waals surface area contributed by atoms with Crippen LogP contribution in [0.15, 0.2) is 59.1 Å². The summed E-state index contributed by atoms with van der Waals surface area (Å²) in [6.07, 6.45) is 0. The zero-order valence-electron chi connectivity index (χ0n) is 13.5. The van der Waals surface area contributed by atoms with Crippen LogP contribution in [-0.2, 0) is 0 Å². The van der Waals surface area contributed by atoms with Crippen molar-refractivity contribution in [3.8, 4) is 0 Å². The van der Waals surface area contributed by atoms with E-state index in [0.717, 1.165) is 5.39 Å². The lowest BCUT2D eigenvalue weighted by Crippen LogP contribution is -2.34. The number of fused-ring (bicyclic) bond motifs is 1. The Morgan fingerprint density at radius 2 is 1.81 bits per heavy atom. The molecule has 0 saturated heterocycles. The van der Waals surface area contributed by atoms with Gasteiger partial charge in [-0.3, -0.25) is 20.2 Å². The van der Waals surface area contributed by atoms with E-state index >= 15 is 0 Å². The van der Waals surface area contributed by atoms with Gasteiger partial charge < -0.3 is 5.32 Å². The second-order valence-electron chi connectivity index (χ2n) is 5.47. The van der Waals surface area contributed by atoms with Gasteiger partial charge in [0.2, 0.25) is 0 Å². The Labute approximate surface area is 172 Å². The Hall–Kier alpha value is -2.55. The van der Waals surface area contributed by atoms with Gasteiger partial charge in [-0.05, 0) is 51.7 Å². The third kappa shape index (κ3) is 4.24. The summed E-state index contributed by atoms with van der Waals surface area (Å²) in [5, 5.41) is 18.3. The summed E-state index contributed by atoms with van der Waals surface area (Å²) < 4.78 is 0.449. The van der Waals surface area contributed by atoms with Crippen LogP contribution in [0.3, 0.4) is 0 Å². The highest BCUT2D eigenvalue weighted by Crippen LogP contribution is 2.28. The van der Waals surface area contributed by atoms with Crippen molar-refractivity contribution in [2.45, 2.75) is 0 Å². The van der Waals surface area contributed by atoms with Gasteiger partial charge in [-0.15, -0.1) is 0 Å². The maximum Gasteiger partial charge on any atom is 0.270 e. The smallest absolute Gasteiger partial charge is 0.270 e. The standard InChI is InChI=1S/C18H11BrClN3O3S/c19-14-9-10(23(25)26)7-8-16(14)21-18(27)22-17(24)13-5-1-4-12-11(13)3-2-6-15(12)20/h1-9H,(H2,21,22,24,27). The number of rotatable bonds is 3. The number of nitrogens with zero attached hydrogens (tertiary/aromatic N) is 1. The van der Waals surface area contributed by atoms with E-state index in [9.17, 15) is 14.9 Å². The molecule has 0 saturated carbocycles. The summed E-state index contributed by atoms with van der Waals surface area (Å²) >= 11 is 14.6. The number of non-ortho nitro benzene ring substituents is 1. The van der Waals surface area contributed by atoms with Crippen molar-refractivity contribution in [1.29, 1.82) is 0 Å². The second kappa shape index (κ2) is 7.99. The van der Waals surface area contributed by atoms with E-state index in [-0.39, 0.29) is 10.8 Å². The number of nitro benzene ring substituents is 1. The molecule has 1 amide bonds.